The Kier molecular flexibility index (Phi) is 7.04. The Morgan fingerprint density at radius 3 is 2.46 bits per heavy atom. The molecule has 0 N–H and O–H groups in total. The van der Waals surface area contributed by atoms with Gasteiger partial charge in [-0.3, -0.25) is 9.69 Å². The van der Waals surface area contributed by atoms with Crippen LogP contribution in [0.15, 0.2) is 47.4 Å². The molecule has 4 nitrogen and oxygen atoms in total. The number of benzene rings is 2. The molecule has 148 valence electrons. The number of hydrogen-bond donors (Lipinski definition) is 0. The lowest BCUT2D eigenvalue weighted by Crippen LogP contribution is -2.38. The van der Waals surface area contributed by atoms with Gasteiger partial charge in [-0.05, 0) is 55.7 Å². The number of rotatable bonds is 8. The minimum Gasteiger partial charge on any atom is -0.302 e. The summed E-state index contributed by atoms with van der Waals surface area (Å²) in [6.45, 7) is 7.35. The smallest absolute Gasteiger partial charge is 0.260 e. The topological polar surface area (TPSA) is 36.4 Å². The second-order valence-corrected chi connectivity index (χ2v) is 8.15. The van der Waals surface area contributed by atoms with Gasteiger partial charge in [0.1, 0.15) is 5.82 Å². The van der Waals surface area contributed by atoms with E-state index in [1.54, 1.807) is 16.7 Å². The van der Waals surface area contributed by atoms with Crippen LogP contribution in [0, 0.1) is 5.82 Å². The lowest BCUT2D eigenvalue weighted by molar-refractivity contribution is 0.0983. The lowest BCUT2D eigenvalue weighted by Gasteiger charge is -2.24. The standard InChI is InChI=1S/C21H24FN3OS2/c1-4-24(5-2)13-14-25(20(26)15-9-11-16(22)12-10-15)21-23-19-17(27-3)7-6-8-18(19)28-21/h6-12H,4-5,13-14H2,1-3H3. The average molecular weight is 418 g/mol. The van der Waals surface area contributed by atoms with Gasteiger partial charge in [0.2, 0.25) is 0 Å². The van der Waals surface area contributed by atoms with Crippen molar-refractivity contribution in [3.8, 4) is 0 Å². The molecule has 0 saturated heterocycles. The quantitative estimate of drug-likeness (QED) is 0.475. The Hall–Kier alpha value is -1.96. The number of nitrogens with zero attached hydrogens (tertiary/aromatic N) is 3. The largest absolute Gasteiger partial charge is 0.302 e. The van der Waals surface area contributed by atoms with Crippen LogP contribution in [0.5, 0.6) is 0 Å². The zero-order valence-electron chi connectivity index (χ0n) is 16.3. The van der Waals surface area contributed by atoms with Crippen LogP contribution in [0.2, 0.25) is 0 Å². The van der Waals surface area contributed by atoms with E-state index in [0.29, 0.717) is 17.2 Å². The van der Waals surface area contributed by atoms with E-state index in [-0.39, 0.29) is 11.7 Å². The summed E-state index contributed by atoms with van der Waals surface area (Å²) in [7, 11) is 0. The summed E-state index contributed by atoms with van der Waals surface area (Å²) in [6, 6.07) is 11.8. The summed E-state index contributed by atoms with van der Waals surface area (Å²) in [5.74, 6) is -0.507. The molecule has 0 aliphatic rings. The number of amides is 1. The number of fused-ring (bicyclic) bond motifs is 1. The molecule has 0 bridgehead atoms. The van der Waals surface area contributed by atoms with Crippen molar-refractivity contribution in [3.63, 3.8) is 0 Å². The molecule has 1 heterocycles. The third kappa shape index (κ3) is 4.54. The van der Waals surface area contributed by atoms with Crippen molar-refractivity contribution in [2.24, 2.45) is 0 Å². The first-order valence-corrected chi connectivity index (χ1v) is 11.3. The number of aromatic nitrogens is 1. The second-order valence-electron chi connectivity index (χ2n) is 6.29. The van der Waals surface area contributed by atoms with E-state index in [1.165, 1.54) is 35.6 Å². The van der Waals surface area contributed by atoms with Gasteiger partial charge in [0.15, 0.2) is 5.13 Å². The Morgan fingerprint density at radius 2 is 1.82 bits per heavy atom. The number of thiazole rings is 1. The average Bonchev–Trinajstić information content (AvgIpc) is 3.15. The molecule has 0 spiro atoms. The van der Waals surface area contributed by atoms with Crippen molar-refractivity contribution in [1.29, 1.82) is 0 Å². The van der Waals surface area contributed by atoms with Crippen molar-refractivity contribution in [1.82, 2.24) is 9.88 Å². The van der Waals surface area contributed by atoms with Gasteiger partial charge in [-0.25, -0.2) is 9.37 Å². The number of anilines is 1. The molecule has 0 unspecified atom stereocenters. The maximum atomic E-state index is 13.3. The van der Waals surface area contributed by atoms with Gasteiger partial charge in [-0.15, -0.1) is 11.8 Å². The first kappa shape index (κ1) is 20.8. The van der Waals surface area contributed by atoms with Gasteiger partial charge in [-0.2, -0.15) is 0 Å². The number of thioether (sulfide) groups is 1. The van der Waals surface area contributed by atoms with Gasteiger partial charge < -0.3 is 4.90 Å². The van der Waals surface area contributed by atoms with Crippen LogP contribution in [-0.4, -0.2) is 48.2 Å². The van der Waals surface area contributed by atoms with Crippen molar-refractivity contribution in [2.45, 2.75) is 18.7 Å². The summed E-state index contributed by atoms with van der Waals surface area (Å²) in [4.78, 5) is 23.1. The zero-order chi connectivity index (χ0) is 20.1. The SMILES string of the molecule is CCN(CC)CCN(C(=O)c1ccc(F)cc1)c1nc2c(SC)cccc2s1. The highest BCUT2D eigenvalue weighted by atomic mass is 32.2. The molecule has 0 fully saturated rings. The van der Waals surface area contributed by atoms with Crippen molar-refractivity contribution in [2.75, 3.05) is 37.3 Å². The van der Waals surface area contributed by atoms with Crippen molar-refractivity contribution >= 4 is 44.4 Å². The van der Waals surface area contributed by atoms with Gasteiger partial charge in [0, 0.05) is 23.5 Å². The highest BCUT2D eigenvalue weighted by Crippen LogP contribution is 2.34. The third-order valence-corrected chi connectivity index (χ3v) is 6.50. The Morgan fingerprint density at radius 1 is 1.11 bits per heavy atom. The Bertz CT molecular complexity index is 938. The molecule has 1 amide bonds. The Labute approximate surface area is 173 Å². The van der Waals surface area contributed by atoms with Crippen LogP contribution in [0.1, 0.15) is 24.2 Å². The number of para-hydroxylation sites is 1. The van der Waals surface area contributed by atoms with E-state index in [4.69, 9.17) is 4.98 Å². The normalized spacial score (nSPS) is 11.3. The van der Waals surface area contributed by atoms with Gasteiger partial charge in [0.25, 0.3) is 5.91 Å². The first-order valence-electron chi connectivity index (χ1n) is 9.30. The van der Waals surface area contributed by atoms with Crippen LogP contribution in [0.4, 0.5) is 9.52 Å². The van der Waals surface area contributed by atoms with Crippen LogP contribution >= 0.6 is 23.1 Å². The minimum atomic E-state index is -0.351. The van der Waals surface area contributed by atoms with Gasteiger partial charge in [-0.1, -0.05) is 31.3 Å². The van der Waals surface area contributed by atoms with Crippen LogP contribution in [0.3, 0.4) is 0 Å². The molecule has 0 aliphatic heterocycles. The van der Waals surface area contributed by atoms with Crippen molar-refractivity contribution < 1.29 is 9.18 Å². The first-order chi connectivity index (χ1) is 13.6. The van der Waals surface area contributed by atoms with Gasteiger partial charge in [0.05, 0.1) is 10.2 Å². The highest BCUT2D eigenvalue weighted by Gasteiger charge is 2.22. The summed E-state index contributed by atoms with van der Waals surface area (Å²) in [5, 5.41) is 0.679. The second kappa shape index (κ2) is 9.49. The summed E-state index contributed by atoms with van der Waals surface area (Å²) >= 11 is 3.16. The molecule has 3 rings (SSSR count). The van der Waals surface area contributed by atoms with Crippen molar-refractivity contribution in [3.05, 3.63) is 53.8 Å². The molecule has 1 aromatic heterocycles. The molecule has 0 radical (unpaired) electrons. The third-order valence-electron chi connectivity index (χ3n) is 4.69. The molecule has 28 heavy (non-hydrogen) atoms. The minimum absolute atomic E-state index is 0.156. The summed E-state index contributed by atoms with van der Waals surface area (Å²) < 4.78 is 14.4. The summed E-state index contributed by atoms with van der Waals surface area (Å²) in [5.41, 5.74) is 1.39. The maximum absolute atomic E-state index is 13.3. The fourth-order valence-electron chi connectivity index (χ4n) is 3.01. The van der Waals surface area contributed by atoms with E-state index in [0.717, 1.165) is 34.7 Å². The molecule has 7 heteroatoms. The maximum Gasteiger partial charge on any atom is 0.260 e. The molecule has 3 aromatic rings. The van der Waals surface area contributed by atoms with Crippen LogP contribution in [-0.2, 0) is 0 Å². The van der Waals surface area contributed by atoms with E-state index >= 15 is 0 Å². The van der Waals surface area contributed by atoms with E-state index < -0.39 is 0 Å². The fraction of sp³-hybridized carbons (Fsp3) is 0.333. The predicted molar refractivity (Wildman–Crippen MR) is 117 cm³/mol. The zero-order valence-corrected chi connectivity index (χ0v) is 17.9. The van der Waals surface area contributed by atoms with E-state index in [1.807, 2.05) is 24.5 Å². The molecule has 0 aliphatic carbocycles. The number of hydrogen-bond acceptors (Lipinski definition) is 5. The molecule has 0 atom stereocenters. The number of halogens is 1. The monoisotopic (exact) mass is 417 g/mol. The van der Waals surface area contributed by atoms with E-state index in [9.17, 15) is 9.18 Å². The number of carbonyl (C=O) groups excluding carboxylic acids is 1. The molecular weight excluding hydrogens is 393 g/mol. The highest BCUT2D eigenvalue weighted by molar-refractivity contribution is 7.98. The number of likely N-dealkylation sites (N-methyl/N-ethyl adjacent to an activating group) is 1. The predicted octanol–water partition coefficient (Wildman–Crippen LogP) is 5.15. The summed E-state index contributed by atoms with van der Waals surface area (Å²) in [6.07, 6.45) is 2.02. The lowest BCUT2D eigenvalue weighted by atomic mass is 10.2. The molecule has 0 saturated carbocycles. The Balaban J connectivity index is 1.97. The van der Waals surface area contributed by atoms with Crippen LogP contribution in [0.25, 0.3) is 10.2 Å². The molecular formula is C21H24FN3OS2. The van der Waals surface area contributed by atoms with E-state index in [2.05, 4.69) is 18.7 Å². The fourth-order valence-corrected chi connectivity index (χ4v) is 4.65. The van der Waals surface area contributed by atoms with Crippen LogP contribution < -0.4 is 4.90 Å². The van der Waals surface area contributed by atoms with Gasteiger partial charge >= 0.3 is 0 Å². The molecule has 2 aromatic carbocycles. The number of carbonyl (C=O) groups is 1.